The highest BCUT2D eigenvalue weighted by atomic mass is 35.5. The van der Waals surface area contributed by atoms with Gasteiger partial charge in [-0.25, -0.2) is 0 Å². The van der Waals surface area contributed by atoms with E-state index in [-0.39, 0.29) is 0 Å². The first-order chi connectivity index (χ1) is 8.06. The highest BCUT2D eigenvalue weighted by Crippen LogP contribution is 2.23. The number of benzene rings is 1. The summed E-state index contributed by atoms with van der Waals surface area (Å²) in [7, 11) is 1.95. The maximum absolute atomic E-state index is 6.12. The molecule has 0 aliphatic heterocycles. The Balaban J connectivity index is 2.12. The molecule has 1 aromatic carbocycles. The zero-order valence-electron chi connectivity index (χ0n) is 10.3. The van der Waals surface area contributed by atoms with E-state index in [2.05, 4.69) is 23.4 Å². The Kier molecular flexibility index (Phi) is 3.38. The van der Waals surface area contributed by atoms with Gasteiger partial charge in [-0.3, -0.25) is 4.68 Å². The number of anilines is 1. The van der Waals surface area contributed by atoms with E-state index in [1.807, 2.05) is 36.9 Å². The maximum atomic E-state index is 6.12. The van der Waals surface area contributed by atoms with Gasteiger partial charge in [-0.2, -0.15) is 5.10 Å². The zero-order chi connectivity index (χ0) is 12.4. The second-order valence-corrected chi connectivity index (χ2v) is 4.64. The van der Waals surface area contributed by atoms with E-state index in [9.17, 15) is 0 Å². The van der Waals surface area contributed by atoms with E-state index in [1.165, 1.54) is 5.56 Å². The number of nitrogens with zero attached hydrogens (tertiary/aromatic N) is 2. The zero-order valence-corrected chi connectivity index (χ0v) is 11.0. The van der Waals surface area contributed by atoms with Crippen molar-refractivity contribution in [3.63, 3.8) is 0 Å². The van der Waals surface area contributed by atoms with Crippen LogP contribution < -0.4 is 5.32 Å². The standard InChI is InChI=1S/C13H16ClN3/c1-9-4-5-12(14)13(6-9)15-8-11-7-10(2)16-17(11)3/h4-7,15H,8H2,1-3H3. The summed E-state index contributed by atoms with van der Waals surface area (Å²) in [5, 5.41) is 8.38. The Bertz CT molecular complexity index is 531. The number of hydrogen-bond donors (Lipinski definition) is 1. The van der Waals surface area contributed by atoms with Gasteiger partial charge >= 0.3 is 0 Å². The van der Waals surface area contributed by atoms with Crippen molar-refractivity contribution in [3.8, 4) is 0 Å². The molecule has 0 amide bonds. The van der Waals surface area contributed by atoms with Crippen molar-refractivity contribution in [3.05, 3.63) is 46.2 Å². The van der Waals surface area contributed by atoms with Crippen molar-refractivity contribution in [2.24, 2.45) is 7.05 Å². The smallest absolute Gasteiger partial charge is 0.0637 e. The molecule has 0 radical (unpaired) electrons. The minimum Gasteiger partial charge on any atom is -0.378 e. The van der Waals surface area contributed by atoms with E-state index >= 15 is 0 Å². The van der Waals surface area contributed by atoms with Crippen LogP contribution in [0.4, 0.5) is 5.69 Å². The van der Waals surface area contributed by atoms with Crippen LogP contribution in [-0.4, -0.2) is 9.78 Å². The average molecular weight is 250 g/mol. The summed E-state index contributed by atoms with van der Waals surface area (Å²) in [6, 6.07) is 8.03. The van der Waals surface area contributed by atoms with Crippen molar-refractivity contribution in [1.29, 1.82) is 0 Å². The molecule has 0 saturated heterocycles. The summed E-state index contributed by atoms with van der Waals surface area (Å²) >= 11 is 6.12. The summed E-state index contributed by atoms with van der Waals surface area (Å²) in [5.74, 6) is 0. The van der Waals surface area contributed by atoms with E-state index in [4.69, 9.17) is 11.6 Å². The molecule has 2 rings (SSSR count). The molecule has 1 heterocycles. The van der Waals surface area contributed by atoms with Crippen LogP contribution in [0.25, 0.3) is 0 Å². The molecule has 0 saturated carbocycles. The van der Waals surface area contributed by atoms with Crippen LogP contribution in [0, 0.1) is 13.8 Å². The van der Waals surface area contributed by atoms with E-state index in [1.54, 1.807) is 0 Å². The van der Waals surface area contributed by atoms with Crippen molar-refractivity contribution in [1.82, 2.24) is 9.78 Å². The van der Waals surface area contributed by atoms with Gasteiger partial charge in [0.25, 0.3) is 0 Å². The molecule has 0 bridgehead atoms. The molecule has 3 nitrogen and oxygen atoms in total. The van der Waals surface area contributed by atoms with Gasteiger partial charge < -0.3 is 5.32 Å². The van der Waals surface area contributed by atoms with Gasteiger partial charge in [-0.1, -0.05) is 17.7 Å². The summed E-state index contributed by atoms with van der Waals surface area (Å²) < 4.78 is 1.88. The molecule has 0 unspecified atom stereocenters. The molecular weight excluding hydrogens is 234 g/mol. The molecule has 0 fully saturated rings. The van der Waals surface area contributed by atoms with Gasteiger partial charge in [0.2, 0.25) is 0 Å². The Morgan fingerprint density at radius 1 is 1.29 bits per heavy atom. The van der Waals surface area contributed by atoms with Crippen LogP contribution in [0.15, 0.2) is 24.3 Å². The minimum atomic E-state index is 0.723. The second-order valence-electron chi connectivity index (χ2n) is 4.24. The van der Waals surface area contributed by atoms with Crippen molar-refractivity contribution in [2.45, 2.75) is 20.4 Å². The number of nitrogens with one attached hydrogen (secondary N) is 1. The highest BCUT2D eigenvalue weighted by Gasteiger charge is 2.04. The number of halogens is 1. The average Bonchev–Trinajstić information content (AvgIpc) is 2.59. The fourth-order valence-corrected chi connectivity index (χ4v) is 1.97. The Morgan fingerprint density at radius 3 is 2.71 bits per heavy atom. The monoisotopic (exact) mass is 249 g/mol. The molecule has 1 N–H and O–H groups in total. The molecule has 4 heteroatoms. The molecule has 2 aromatic rings. The molecule has 0 aliphatic rings. The lowest BCUT2D eigenvalue weighted by Crippen LogP contribution is -2.05. The topological polar surface area (TPSA) is 29.9 Å². The minimum absolute atomic E-state index is 0.723. The quantitative estimate of drug-likeness (QED) is 0.905. The van der Waals surface area contributed by atoms with E-state index < -0.39 is 0 Å². The van der Waals surface area contributed by atoms with Crippen LogP contribution in [0.3, 0.4) is 0 Å². The lowest BCUT2D eigenvalue weighted by molar-refractivity contribution is 0.713. The van der Waals surface area contributed by atoms with Crippen LogP contribution in [0.1, 0.15) is 17.0 Å². The molecule has 1 aromatic heterocycles. The number of aromatic nitrogens is 2. The van der Waals surface area contributed by atoms with Gasteiger partial charge in [-0.15, -0.1) is 0 Å². The third-order valence-electron chi connectivity index (χ3n) is 2.68. The number of hydrogen-bond acceptors (Lipinski definition) is 2. The van der Waals surface area contributed by atoms with Crippen molar-refractivity contribution < 1.29 is 0 Å². The normalized spacial score (nSPS) is 10.6. The van der Waals surface area contributed by atoms with Gasteiger partial charge in [0.1, 0.15) is 0 Å². The molecule has 0 aliphatic carbocycles. The third kappa shape index (κ3) is 2.80. The van der Waals surface area contributed by atoms with E-state index in [0.717, 1.165) is 28.6 Å². The third-order valence-corrected chi connectivity index (χ3v) is 3.01. The lowest BCUT2D eigenvalue weighted by Gasteiger charge is -2.09. The van der Waals surface area contributed by atoms with E-state index in [0.29, 0.717) is 0 Å². The fraction of sp³-hybridized carbons (Fsp3) is 0.308. The Labute approximate surface area is 106 Å². The molecule has 0 atom stereocenters. The van der Waals surface area contributed by atoms with Crippen molar-refractivity contribution >= 4 is 17.3 Å². The SMILES string of the molecule is Cc1ccc(Cl)c(NCc2cc(C)nn2C)c1. The summed E-state index contributed by atoms with van der Waals surface area (Å²) in [5.41, 5.74) is 4.32. The number of aryl methyl sites for hydroxylation is 3. The summed E-state index contributed by atoms with van der Waals surface area (Å²) in [6.07, 6.45) is 0. The Morgan fingerprint density at radius 2 is 2.06 bits per heavy atom. The maximum Gasteiger partial charge on any atom is 0.0637 e. The first kappa shape index (κ1) is 12.0. The molecule has 17 heavy (non-hydrogen) atoms. The first-order valence-corrected chi connectivity index (χ1v) is 5.93. The van der Waals surface area contributed by atoms with Crippen LogP contribution in [-0.2, 0) is 13.6 Å². The second kappa shape index (κ2) is 4.80. The van der Waals surface area contributed by atoms with Crippen LogP contribution in [0.5, 0.6) is 0 Å². The molecule has 0 spiro atoms. The predicted octanol–water partition coefficient (Wildman–Crippen LogP) is 3.30. The summed E-state index contributed by atoms with van der Waals surface area (Å²) in [4.78, 5) is 0. The van der Waals surface area contributed by atoms with Crippen LogP contribution in [0.2, 0.25) is 5.02 Å². The lowest BCUT2D eigenvalue weighted by atomic mass is 10.2. The largest absolute Gasteiger partial charge is 0.378 e. The highest BCUT2D eigenvalue weighted by molar-refractivity contribution is 6.33. The predicted molar refractivity (Wildman–Crippen MR) is 71.5 cm³/mol. The van der Waals surface area contributed by atoms with Crippen molar-refractivity contribution in [2.75, 3.05) is 5.32 Å². The molecular formula is C13H16ClN3. The van der Waals surface area contributed by atoms with Gasteiger partial charge in [0.15, 0.2) is 0 Å². The molecule has 90 valence electrons. The van der Waals surface area contributed by atoms with Gasteiger partial charge in [-0.05, 0) is 37.6 Å². The van der Waals surface area contributed by atoms with Gasteiger partial charge in [0, 0.05) is 7.05 Å². The first-order valence-electron chi connectivity index (χ1n) is 5.56. The fourth-order valence-electron chi connectivity index (χ4n) is 1.79. The van der Waals surface area contributed by atoms with Crippen LogP contribution >= 0.6 is 11.6 Å². The van der Waals surface area contributed by atoms with Gasteiger partial charge in [0.05, 0.1) is 28.6 Å². The number of rotatable bonds is 3. The summed E-state index contributed by atoms with van der Waals surface area (Å²) in [6.45, 7) is 4.76. The Hall–Kier alpha value is -1.48.